The summed E-state index contributed by atoms with van der Waals surface area (Å²) >= 11 is 0. The highest BCUT2D eigenvalue weighted by Gasteiger charge is 2.41. The highest BCUT2D eigenvalue weighted by atomic mass is 32.2. The molecule has 41 heavy (non-hydrogen) atoms. The second kappa shape index (κ2) is 10.7. The number of nitrogens with zero attached hydrogens (tertiary/aromatic N) is 3. The van der Waals surface area contributed by atoms with Gasteiger partial charge in [-0.25, -0.2) is 17.8 Å². The maximum absolute atomic E-state index is 14.7. The van der Waals surface area contributed by atoms with Gasteiger partial charge in [0.15, 0.2) is 0 Å². The van der Waals surface area contributed by atoms with Gasteiger partial charge in [0.2, 0.25) is 27.7 Å². The summed E-state index contributed by atoms with van der Waals surface area (Å²) in [5.41, 5.74) is 1.52. The molecule has 3 aromatic rings. The van der Waals surface area contributed by atoms with Gasteiger partial charge in [-0.15, -0.1) is 0 Å². The zero-order valence-corrected chi connectivity index (χ0v) is 22.8. The molecule has 10 nitrogen and oxygen atoms in total. The van der Waals surface area contributed by atoms with Gasteiger partial charge in [0.05, 0.1) is 6.20 Å². The molecule has 2 fully saturated rings. The number of amides is 3. The van der Waals surface area contributed by atoms with Crippen LogP contribution in [0.15, 0.2) is 65.7 Å². The molecule has 0 radical (unpaired) electrons. The number of fused-ring (bicyclic) bond motifs is 1. The summed E-state index contributed by atoms with van der Waals surface area (Å²) in [5, 5.41) is 2.27. The number of hydrogen-bond donors (Lipinski definition) is 1. The molecule has 212 valence electrons. The van der Waals surface area contributed by atoms with Crippen LogP contribution < -0.4 is 10.1 Å². The SMILES string of the molecule is O=C1CCC(N2Cc3c(cc(F)cc3C3CCN(S(=O)(=O)c4ccc(Oc5ccccc5)nc4)CC3)C2=O)C(=O)N1. The lowest BCUT2D eigenvalue weighted by Gasteiger charge is -2.32. The minimum absolute atomic E-state index is 0.0495. The summed E-state index contributed by atoms with van der Waals surface area (Å²) < 4.78 is 48.4. The van der Waals surface area contributed by atoms with Gasteiger partial charge in [0.25, 0.3) is 5.91 Å². The monoisotopic (exact) mass is 578 g/mol. The molecule has 1 N–H and O–H groups in total. The Morgan fingerprint density at radius 2 is 1.73 bits per heavy atom. The number of nitrogens with one attached hydrogen (secondary N) is 1. The number of piperidine rings is 2. The van der Waals surface area contributed by atoms with Crippen molar-refractivity contribution in [1.82, 2.24) is 19.5 Å². The number of rotatable bonds is 6. The average molecular weight is 579 g/mol. The van der Waals surface area contributed by atoms with E-state index in [4.69, 9.17) is 4.74 Å². The van der Waals surface area contributed by atoms with Crippen LogP contribution in [-0.4, -0.2) is 59.5 Å². The van der Waals surface area contributed by atoms with Crippen molar-refractivity contribution in [2.75, 3.05) is 13.1 Å². The first-order chi connectivity index (χ1) is 19.7. The van der Waals surface area contributed by atoms with Crippen molar-refractivity contribution < 1.29 is 31.9 Å². The van der Waals surface area contributed by atoms with Gasteiger partial charge >= 0.3 is 0 Å². The van der Waals surface area contributed by atoms with Crippen molar-refractivity contribution in [1.29, 1.82) is 0 Å². The predicted molar refractivity (Wildman–Crippen MR) is 144 cm³/mol. The first-order valence-electron chi connectivity index (χ1n) is 13.4. The van der Waals surface area contributed by atoms with Gasteiger partial charge in [0, 0.05) is 37.7 Å². The number of imide groups is 1. The number of ether oxygens (including phenoxy) is 1. The fourth-order valence-electron chi connectivity index (χ4n) is 5.76. The van der Waals surface area contributed by atoms with E-state index in [1.165, 1.54) is 39.7 Å². The van der Waals surface area contributed by atoms with E-state index in [-0.39, 0.29) is 60.6 Å². The quantitative estimate of drug-likeness (QED) is 0.445. The van der Waals surface area contributed by atoms with Gasteiger partial charge in [-0.05, 0) is 66.6 Å². The summed E-state index contributed by atoms with van der Waals surface area (Å²) in [6.07, 6.45) is 2.48. The van der Waals surface area contributed by atoms with Crippen molar-refractivity contribution in [3.8, 4) is 11.6 Å². The second-order valence-electron chi connectivity index (χ2n) is 10.3. The minimum Gasteiger partial charge on any atom is -0.439 e. The lowest BCUT2D eigenvalue weighted by Crippen LogP contribution is -2.52. The van der Waals surface area contributed by atoms with E-state index in [9.17, 15) is 27.2 Å². The molecule has 0 aliphatic carbocycles. The van der Waals surface area contributed by atoms with Crippen LogP contribution in [0.4, 0.5) is 4.39 Å². The molecule has 12 heteroatoms. The van der Waals surface area contributed by atoms with Gasteiger partial charge in [-0.2, -0.15) is 4.31 Å². The number of carbonyl (C=O) groups excluding carboxylic acids is 3. The Morgan fingerprint density at radius 3 is 2.41 bits per heavy atom. The van der Waals surface area contributed by atoms with Crippen molar-refractivity contribution in [3.63, 3.8) is 0 Å². The van der Waals surface area contributed by atoms with Crippen LogP contribution in [0.2, 0.25) is 0 Å². The van der Waals surface area contributed by atoms with Crippen LogP contribution in [0, 0.1) is 5.82 Å². The summed E-state index contributed by atoms with van der Waals surface area (Å²) in [4.78, 5) is 42.8. The summed E-state index contributed by atoms with van der Waals surface area (Å²) in [6, 6.07) is 13.8. The van der Waals surface area contributed by atoms with E-state index in [0.717, 1.165) is 0 Å². The zero-order chi connectivity index (χ0) is 28.7. The van der Waals surface area contributed by atoms with Gasteiger partial charge in [-0.3, -0.25) is 19.7 Å². The van der Waals surface area contributed by atoms with Crippen LogP contribution in [0.3, 0.4) is 0 Å². The zero-order valence-electron chi connectivity index (χ0n) is 22.0. The molecule has 3 amide bonds. The molecule has 3 aliphatic heterocycles. The van der Waals surface area contributed by atoms with Crippen LogP contribution in [-0.2, 0) is 26.2 Å². The fraction of sp³-hybridized carbons (Fsp3) is 0.310. The van der Waals surface area contributed by atoms with Gasteiger partial charge in [0.1, 0.15) is 22.5 Å². The normalized spacial score (nSPS) is 20.2. The molecule has 2 aromatic carbocycles. The Hall–Kier alpha value is -4.16. The lowest BCUT2D eigenvalue weighted by atomic mass is 9.86. The van der Waals surface area contributed by atoms with Crippen molar-refractivity contribution >= 4 is 27.7 Å². The van der Waals surface area contributed by atoms with Crippen LogP contribution in [0.1, 0.15) is 53.1 Å². The molecule has 6 rings (SSSR count). The molecular formula is C29H27FN4O6S. The number of benzene rings is 2. The number of sulfonamides is 1. The summed E-state index contributed by atoms with van der Waals surface area (Å²) in [7, 11) is -3.81. The molecule has 4 heterocycles. The summed E-state index contributed by atoms with van der Waals surface area (Å²) in [5.74, 6) is -1.22. The van der Waals surface area contributed by atoms with Gasteiger partial charge < -0.3 is 9.64 Å². The third-order valence-electron chi connectivity index (χ3n) is 7.86. The first kappa shape index (κ1) is 27.0. The molecule has 0 bridgehead atoms. The van der Waals surface area contributed by atoms with E-state index in [1.807, 2.05) is 18.2 Å². The maximum atomic E-state index is 14.7. The predicted octanol–water partition coefficient (Wildman–Crippen LogP) is 3.34. The molecular weight excluding hydrogens is 551 g/mol. The Balaban J connectivity index is 1.15. The minimum atomic E-state index is -3.81. The van der Waals surface area contributed by atoms with E-state index < -0.39 is 33.7 Å². The number of para-hydroxylation sites is 1. The van der Waals surface area contributed by atoms with Crippen LogP contribution in [0.25, 0.3) is 0 Å². The van der Waals surface area contributed by atoms with Crippen LogP contribution >= 0.6 is 0 Å². The molecule has 3 aliphatic rings. The molecule has 1 aromatic heterocycles. The van der Waals surface area contributed by atoms with E-state index in [1.54, 1.807) is 12.1 Å². The molecule has 1 atom stereocenters. The maximum Gasteiger partial charge on any atom is 0.255 e. The van der Waals surface area contributed by atoms with E-state index >= 15 is 0 Å². The number of carbonyl (C=O) groups is 3. The fourth-order valence-corrected chi connectivity index (χ4v) is 7.18. The Labute approximate surface area is 236 Å². The molecule has 0 saturated carbocycles. The molecule has 0 spiro atoms. The standard InChI is InChI=1S/C29H27FN4O6S/c30-19-14-22(24-17-34(29(37)23(24)15-19)25-7-8-26(35)32-28(25)36)18-10-12-33(13-11-18)41(38,39)21-6-9-27(31-16-21)40-20-4-2-1-3-5-20/h1-6,9,14-16,18,25H,7-8,10-13,17H2,(H,32,35,36). The van der Waals surface area contributed by atoms with Crippen LogP contribution in [0.5, 0.6) is 11.6 Å². The van der Waals surface area contributed by atoms with E-state index in [0.29, 0.717) is 29.7 Å². The Bertz CT molecular complexity index is 1620. The molecule has 2 saturated heterocycles. The second-order valence-corrected chi connectivity index (χ2v) is 12.3. The number of aromatic nitrogens is 1. The average Bonchev–Trinajstić information content (AvgIpc) is 3.29. The number of halogens is 1. The highest BCUT2D eigenvalue weighted by Crippen LogP contribution is 2.38. The Kier molecular flexibility index (Phi) is 7.04. The largest absolute Gasteiger partial charge is 0.439 e. The topological polar surface area (TPSA) is 126 Å². The van der Waals surface area contributed by atoms with Crippen molar-refractivity contribution in [3.05, 3.63) is 83.3 Å². The van der Waals surface area contributed by atoms with E-state index in [2.05, 4.69) is 10.3 Å². The third kappa shape index (κ3) is 5.20. The number of pyridine rings is 1. The summed E-state index contributed by atoms with van der Waals surface area (Å²) in [6.45, 7) is 0.564. The van der Waals surface area contributed by atoms with Gasteiger partial charge in [-0.1, -0.05) is 18.2 Å². The highest BCUT2D eigenvalue weighted by molar-refractivity contribution is 7.89. The van der Waals surface area contributed by atoms with Crippen molar-refractivity contribution in [2.24, 2.45) is 0 Å². The lowest BCUT2D eigenvalue weighted by molar-refractivity contribution is -0.136. The van der Waals surface area contributed by atoms with Crippen molar-refractivity contribution in [2.45, 2.75) is 49.1 Å². The smallest absolute Gasteiger partial charge is 0.255 e. The number of hydrogen-bond acceptors (Lipinski definition) is 7. The molecule has 1 unspecified atom stereocenters. The Morgan fingerprint density at radius 1 is 0.976 bits per heavy atom. The third-order valence-corrected chi connectivity index (χ3v) is 9.74. The first-order valence-corrected chi connectivity index (χ1v) is 14.8.